The van der Waals surface area contributed by atoms with E-state index in [1.54, 1.807) is 0 Å². The second-order valence-electron chi connectivity index (χ2n) is 4.31. The van der Waals surface area contributed by atoms with Gasteiger partial charge in [-0.15, -0.1) is 0 Å². The molecule has 4 N–H and O–H groups in total. The second-order valence-corrected chi connectivity index (χ2v) is 4.31. The first-order valence-corrected chi connectivity index (χ1v) is 7.03. The first-order valence-electron chi connectivity index (χ1n) is 7.03. The van der Waals surface area contributed by atoms with Crippen LogP contribution in [0.4, 0.5) is 0 Å². The zero-order valence-electron chi connectivity index (χ0n) is 12.2. The van der Waals surface area contributed by atoms with E-state index in [0.29, 0.717) is 6.61 Å². The maximum Gasteiger partial charge on any atom is 0.335 e. The second kappa shape index (κ2) is 10.1. The van der Waals surface area contributed by atoms with Crippen LogP contribution in [-0.2, 0) is 14.3 Å². The number of aliphatic carboxylic acids is 1. The van der Waals surface area contributed by atoms with Crippen LogP contribution in [0.25, 0.3) is 0 Å². The Balaban J connectivity index is 0.00000172. The van der Waals surface area contributed by atoms with Crippen LogP contribution in [0.1, 0.15) is 40.0 Å². The Kier molecular flexibility index (Phi) is 9.70. The van der Waals surface area contributed by atoms with Gasteiger partial charge in [0.25, 0.3) is 0 Å². The van der Waals surface area contributed by atoms with E-state index in [0.717, 1.165) is 19.3 Å². The molecular weight excluding hydrogens is 268 g/mol. The standard InChI is InChI=1S/C11H20O7.C2H6/c1-2-3-4-5-17-11-8(14)6(12)7(13)9(18-11)10(15)16;1-2/h6-9,11-14H,2-5H2,1H3,(H,15,16);1-2H3. The molecule has 1 saturated heterocycles. The highest BCUT2D eigenvalue weighted by Gasteiger charge is 2.47. The van der Waals surface area contributed by atoms with Gasteiger partial charge in [-0.2, -0.15) is 0 Å². The monoisotopic (exact) mass is 294 g/mol. The van der Waals surface area contributed by atoms with Crippen LogP contribution in [-0.4, -0.2) is 63.7 Å². The molecular formula is C13H26O7. The molecule has 1 aliphatic heterocycles. The van der Waals surface area contributed by atoms with Crippen molar-refractivity contribution < 1.29 is 34.7 Å². The Morgan fingerprint density at radius 2 is 1.70 bits per heavy atom. The zero-order chi connectivity index (χ0) is 15.7. The Hall–Kier alpha value is -0.730. The zero-order valence-corrected chi connectivity index (χ0v) is 12.2. The van der Waals surface area contributed by atoms with Crippen LogP contribution in [0.2, 0.25) is 0 Å². The number of ether oxygens (including phenoxy) is 2. The molecule has 1 fully saturated rings. The summed E-state index contributed by atoms with van der Waals surface area (Å²) in [6, 6.07) is 0. The van der Waals surface area contributed by atoms with E-state index in [1.165, 1.54) is 0 Å². The van der Waals surface area contributed by atoms with Gasteiger partial charge in [-0.1, -0.05) is 33.6 Å². The molecule has 1 rings (SSSR count). The summed E-state index contributed by atoms with van der Waals surface area (Å²) in [5.41, 5.74) is 0. The van der Waals surface area contributed by atoms with Gasteiger partial charge in [0, 0.05) is 6.61 Å². The van der Waals surface area contributed by atoms with Gasteiger partial charge in [0.05, 0.1) is 0 Å². The Bertz CT molecular complexity index is 271. The quantitative estimate of drug-likeness (QED) is 0.514. The van der Waals surface area contributed by atoms with Gasteiger partial charge in [-0.25, -0.2) is 4.79 Å². The summed E-state index contributed by atoms with van der Waals surface area (Å²) < 4.78 is 10.1. The molecule has 7 nitrogen and oxygen atoms in total. The largest absolute Gasteiger partial charge is 0.479 e. The van der Waals surface area contributed by atoms with Crippen molar-refractivity contribution in [1.82, 2.24) is 0 Å². The van der Waals surface area contributed by atoms with E-state index in [1.807, 2.05) is 20.8 Å². The highest BCUT2D eigenvalue weighted by atomic mass is 16.7. The van der Waals surface area contributed by atoms with E-state index < -0.39 is 36.7 Å². The van der Waals surface area contributed by atoms with Crippen LogP contribution in [0.3, 0.4) is 0 Å². The van der Waals surface area contributed by atoms with Gasteiger partial charge in [0.15, 0.2) is 12.4 Å². The lowest BCUT2D eigenvalue weighted by molar-refractivity contribution is -0.294. The summed E-state index contributed by atoms with van der Waals surface area (Å²) in [5.74, 6) is -1.41. The summed E-state index contributed by atoms with van der Waals surface area (Å²) in [6.45, 7) is 6.32. The molecule has 120 valence electrons. The van der Waals surface area contributed by atoms with Gasteiger partial charge in [0.2, 0.25) is 0 Å². The van der Waals surface area contributed by atoms with E-state index >= 15 is 0 Å². The van der Waals surface area contributed by atoms with E-state index in [9.17, 15) is 20.1 Å². The lowest BCUT2D eigenvalue weighted by Crippen LogP contribution is -2.60. The van der Waals surface area contributed by atoms with Gasteiger partial charge in [-0.05, 0) is 6.42 Å². The topological polar surface area (TPSA) is 116 Å². The Morgan fingerprint density at radius 3 is 2.20 bits per heavy atom. The van der Waals surface area contributed by atoms with E-state index in [2.05, 4.69) is 0 Å². The van der Waals surface area contributed by atoms with Crippen molar-refractivity contribution in [2.75, 3.05) is 6.61 Å². The lowest BCUT2D eigenvalue weighted by atomic mass is 9.99. The lowest BCUT2D eigenvalue weighted by Gasteiger charge is -2.38. The third-order valence-electron chi connectivity index (χ3n) is 2.84. The molecule has 1 aliphatic rings. The number of carboxylic acid groups (broad SMARTS) is 1. The third-order valence-corrected chi connectivity index (χ3v) is 2.84. The summed E-state index contributed by atoms with van der Waals surface area (Å²) in [5, 5.41) is 37.4. The average Bonchev–Trinajstić information content (AvgIpc) is 2.45. The molecule has 0 aromatic rings. The normalized spacial score (nSPS) is 33.2. The first kappa shape index (κ1) is 19.3. The number of carboxylic acids is 1. The summed E-state index contributed by atoms with van der Waals surface area (Å²) in [4.78, 5) is 10.8. The minimum atomic E-state index is -1.67. The van der Waals surface area contributed by atoms with Gasteiger partial charge in [0.1, 0.15) is 18.3 Å². The molecule has 0 bridgehead atoms. The molecule has 7 heteroatoms. The summed E-state index contributed by atoms with van der Waals surface area (Å²) in [6.07, 6.45) is -4.88. The van der Waals surface area contributed by atoms with Crippen LogP contribution < -0.4 is 0 Å². The predicted molar refractivity (Wildman–Crippen MR) is 71.1 cm³/mol. The van der Waals surface area contributed by atoms with Crippen molar-refractivity contribution in [3.8, 4) is 0 Å². The Morgan fingerprint density at radius 1 is 1.10 bits per heavy atom. The maximum atomic E-state index is 10.8. The SMILES string of the molecule is CC.CCCCCOC1OC(C(=O)O)C(O)C(O)C1O. The van der Waals surface area contributed by atoms with Crippen molar-refractivity contribution in [2.24, 2.45) is 0 Å². The molecule has 5 atom stereocenters. The van der Waals surface area contributed by atoms with Crippen molar-refractivity contribution in [3.63, 3.8) is 0 Å². The molecule has 0 spiro atoms. The van der Waals surface area contributed by atoms with Crippen molar-refractivity contribution in [2.45, 2.75) is 70.7 Å². The van der Waals surface area contributed by atoms with Crippen molar-refractivity contribution in [3.05, 3.63) is 0 Å². The Labute approximate surface area is 119 Å². The van der Waals surface area contributed by atoms with E-state index in [-0.39, 0.29) is 0 Å². The maximum absolute atomic E-state index is 10.8. The van der Waals surface area contributed by atoms with Crippen LogP contribution in [0.5, 0.6) is 0 Å². The van der Waals surface area contributed by atoms with Crippen LogP contribution in [0, 0.1) is 0 Å². The summed E-state index contributed by atoms with van der Waals surface area (Å²) >= 11 is 0. The fourth-order valence-electron chi connectivity index (χ4n) is 1.74. The molecule has 5 unspecified atom stereocenters. The number of hydrogen-bond donors (Lipinski definition) is 4. The van der Waals surface area contributed by atoms with Gasteiger partial charge >= 0.3 is 5.97 Å². The fraction of sp³-hybridized carbons (Fsp3) is 0.923. The molecule has 0 aromatic carbocycles. The first-order chi connectivity index (χ1) is 9.49. The van der Waals surface area contributed by atoms with Crippen LogP contribution >= 0.6 is 0 Å². The highest BCUT2D eigenvalue weighted by molar-refractivity contribution is 5.73. The van der Waals surface area contributed by atoms with Crippen LogP contribution in [0.15, 0.2) is 0 Å². The number of rotatable bonds is 6. The van der Waals surface area contributed by atoms with E-state index in [4.69, 9.17) is 14.6 Å². The number of aliphatic hydroxyl groups excluding tert-OH is 3. The molecule has 20 heavy (non-hydrogen) atoms. The molecule has 1 heterocycles. The molecule has 0 aliphatic carbocycles. The smallest absolute Gasteiger partial charge is 0.335 e. The average molecular weight is 294 g/mol. The number of hydrogen-bond acceptors (Lipinski definition) is 6. The molecule has 0 radical (unpaired) electrons. The minimum absolute atomic E-state index is 0.296. The third kappa shape index (κ3) is 5.34. The number of aliphatic hydroxyl groups is 3. The van der Waals surface area contributed by atoms with Crippen molar-refractivity contribution >= 4 is 5.97 Å². The fourth-order valence-corrected chi connectivity index (χ4v) is 1.74. The summed E-state index contributed by atoms with van der Waals surface area (Å²) in [7, 11) is 0. The molecule has 0 amide bonds. The molecule has 0 saturated carbocycles. The van der Waals surface area contributed by atoms with Crippen molar-refractivity contribution in [1.29, 1.82) is 0 Å². The molecule has 0 aromatic heterocycles. The van der Waals surface area contributed by atoms with Gasteiger partial charge in [-0.3, -0.25) is 0 Å². The van der Waals surface area contributed by atoms with Gasteiger partial charge < -0.3 is 29.9 Å². The number of carbonyl (C=O) groups is 1. The highest BCUT2D eigenvalue weighted by Crippen LogP contribution is 2.22. The predicted octanol–water partition coefficient (Wildman–Crippen LogP) is 0.112. The number of unbranched alkanes of at least 4 members (excludes halogenated alkanes) is 2. The minimum Gasteiger partial charge on any atom is -0.479 e.